The fourth-order valence-corrected chi connectivity index (χ4v) is 3.62. The van der Waals surface area contributed by atoms with Crippen molar-refractivity contribution in [3.63, 3.8) is 0 Å². The van der Waals surface area contributed by atoms with Gasteiger partial charge in [-0.1, -0.05) is 86.3 Å². The van der Waals surface area contributed by atoms with Gasteiger partial charge in [-0.3, -0.25) is 4.79 Å². The number of hydrogen-bond acceptors (Lipinski definition) is 1. The molecule has 126 valence electrons. The summed E-state index contributed by atoms with van der Waals surface area (Å²) in [6.07, 6.45) is 7.05. The van der Waals surface area contributed by atoms with E-state index in [1.165, 1.54) is 36.8 Å². The van der Waals surface area contributed by atoms with E-state index in [-0.39, 0.29) is 5.91 Å². The van der Waals surface area contributed by atoms with Crippen molar-refractivity contribution in [1.82, 2.24) is 4.90 Å². The molecule has 0 saturated heterocycles. The molecule has 1 aliphatic rings. The van der Waals surface area contributed by atoms with E-state index in [4.69, 9.17) is 0 Å². The fourth-order valence-electron chi connectivity index (χ4n) is 3.62. The Bertz CT molecular complexity index is 575. The SMILES string of the molecule is O=C(CCC1CCCC1)N(Cc1ccccc1)Cc1ccccc1. The molecule has 2 heteroatoms. The lowest BCUT2D eigenvalue weighted by molar-refractivity contribution is -0.132. The zero-order valence-corrected chi connectivity index (χ0v) is 14.4. The van der Waals surface area contributed by atoms with Gasteiger partial charge in [0.2, 0.25) is 5.91 Å². The summed E-state index contributed by atoms with van der Waals surface area (Å²) in [7, 11) is 0. The average molecular weight is 321 g/mol. The van der Waals surface area contributed by atoms with Crippen LogP contribution in [0.1, 0.15) is 49.7 Å². The Kier molecular flexibility index (Phi) is 6.06. The zero-order chi connectivity index (χ0) is 16.6. The van der Waals surface area contributed by atoms with Gasteiger partial charge in [-0.15, -0.1) is 0 Å². The summed E-state index contributed by atoms with van der Waals surface area (Å²) in [4.78, 5) is 14.8. The van der Waals surface area contributed by atoms with Gasteiger partial charge in [0.05, 0.1) is 0 Å². The van der Waals surface area contributed by atoms with Crippen LogP contribution in [0.15, 0.2) is 60.7 Å². The van der Waals surface area contributed by atoms with Crippen molar-refractivity contribution in [2.24, 2.45) is 5.92 Å². The first-order valence-corrected chi connectivity index (χ1v) is 9.17. The molecule has 0 radical (unpaired) electrons. The van der Waals surface area contributed by atoms with E-state index in [0.29, 0.717) is 19.5 Å². The van der Waals surface area contributed by atoms with E-state index in [1.54, 1.807) is 0 Å². The molecule has 0 spiro atoms. The number of carbonyl (C=O) groups excluding carboxylic acids is 1. The monoisotopic (exact) mass is 321 g/mol. The molecule has 0 atom stereocenters. The maximum absolute atomic E-state index is 12.8. The summed E-state index contributed by atoms with van der Waals surface area (Å²) in [6, 6.07) is 20.6. The minimum atomic E-state index is 0.287. The second-order valence-electron chi connectivity index (χ2n) is 6.91. The Balaban J connectivity index is 1.64. The zero-order valence-electron chi connectivity index (χ0n) is 14.4. The number of hydrogen-bond donors (Lipinski definition) is 0. The van der Waals surface area contributed by atoms with Crippen LogP contribution in [0, 0.1) is 5.92 Å². The lowest BCUT2D eigenvalue weighted by atomic mass is 10.0. The predicted molar refractivity (Wildman–Crippen MR) is 98.3 cm³/mol. The molecule has 0 heterocycles. The van der Waals surface area contributed by atoms with Crippen LogP contribution in [0.4, 0.5) is 0 Å². The lowest BCUT2D eigenvalue weighted by Crippen LogP contribution is -2.30. The van der Waals surface area contributed by atoms with E-state index < -0.39 is 0 Å². The summed E-state index contributed by atoms with van der Waals surface area (Å²) in [5.74, 6) is 1.05. The lowest BCUT2D eigenvalue weighted by Gasteiger charge is -2.24. The molecule has 1 fully saturated rings. The highest BCUT2D eigenvalue weighted by atomic mass is 16.2. The van der Waals surface area contributed by atoms with Gasteiger partial charge in [-0.2, -0.15) is 0 Å². The van der Waals surface area contributed by atoms with Crippen LogP contribution < -0.4 is 0 Å². The van der Waals surface area contributed by atoms with Gasteiger partial charge in [0.1, 0.15) is 0 Å². The molecule has 1 saturated carbocycles. The summed E-state index contributed by atoms with van der Waals surface area (Å²) in [5.41, 5.74) is 2.39. The molecule has 2 aromatic carbocycles. The van der Waals surface area contributed by atoms with Crippen LogP contribution in [0.2, 0.25) is 0 Å². The highest BCUT2D eigenvalue weighted by molar-refractivity contribution is 5.76. The molecule has 0 bridgehead atoms. The van der Waals surface area contributed by atoms with Crippen LogP contribution in [0.5, 0.6) is 0 Å². The third-order valence-corrected chi connectivity index (χ3v) is 5.03. The topological polar surface area (TPSA) is 20.3 Å². The first-order valence-electron chi connectivity index (χ1n) is 9.17. The van der Waals surface area contributed by atoms with Gasteiger partial charge in [0.25, 0.3) is 0 Å². The number of carbonyl (C=O) groups is 1. The third-order valence-electron chi connectivity index (χ3n) is 5.03. The minimum absolute atomic E-state index is 0.287. The minimum Gasteiger partial charge on any atom is -0.334 e. The fraction of sp³-hybridized carbons (Fsp3) is 0.409. The molecular weight excluding hydrogens is 294 g/mol. The van der Waals surface area contributed by atoms with E-state index >= 15 is 0 Å². The van der Waals surface area contributed by atoms with Crippen molar-refractivity contribution >= 4 is 5.91 Å². The van der Waals surface area contributed by atoms with Gasteiger partial charge in [0, 0.05) is 19.5 Å². The average Bonchev–Trinajstić information content (AvgIpc) is 3.14. The maximum Gasteiger partial charge on any atom is 0.223 e. The highest BCUT2D eigenvalue weighted by Gasteiger charge is 2.19. The van der Waals surface area contributed by atoms with Gasteiger partial charge >= 0.3 is 0 Å². The Morgan fingerprint density at radius 2 is 1.33 bits per heavy atom. The molecular formula is C22H27NO. The highest BCUT2D eigenvalue weighted by Crippen LogP contribution is 2.29. The quantitative estimate of drug-likeness (QED) is 0.687. The second kappa shape index (κ2) is 8.68. The van der Waals surface area contributed by atoms with E-state index in [2.05, 4.69) is 24.3 Å². The molecule has 0 unspecified atom stereocenters. The van der Waals surface area contributed by atoms with Crippen LogP contribution in [0.25, 0.3) is 0 Å². The summed E-state index contributed by atoms with van der Waals surface area (Å²) >= 11 is 0. The van der Waals surface area contributed by atoms with Crippen LogP contribution in [-0.4, -0.2) is 10.8 Å². The van der Waals surface area contributed by atoms with Crippen LogP contribution >= 0.6 is 0 Å². The molecule has 3 rings (SSSR count). The van der Waals surface area contributed by atoms with Crippen molar-refractivity contribution in [2.45, 2.75) is 51.6 Å². The first kappa shape index (κ1) is 16.8. The number of nitrogens with zero attached hydrogens (tertiary/aromatic N) is 1. The number of amides is 1. The van der Waals surface area contributed by atoms with Crippen LogP contribution in [0.3, 0.4) is 0 Å². The predicted octanol–water partition coefficient (Wildman–Crippen LogP) is 5.19. The normalized spacial score (nSPS) is 14.7. The molecule has 2 aromatic rings. The second-order valence-corrected chi connectivity index (χ2v) is 6.91. The summed E-state index contributed by atoms with van der Waals surface area (Å²) in [6.45, 7) is 1.39. The molecule has 1 amide bonds. The van der Waals surface area contributed by atoms with Gasteiger partial charge in [-0.25, -0.2) is 0 Å². The van der Waals surface area contributed by atoms with Gasteiger partial charge in [0.15, 0.2) is 0 Å². The van der Waals surface area contributed by atoms with Gasteiger partial charge in [-0.05, 0) is 23.5 Å². The third kappa shape index (κ3) is 4.95. The van der Waals surface area contributed by atoms with Crippen molar-refractivity contribution < 1.29 is 4.79 Å². The molecule has 0 aromatic heterocycles. The Labute approximate surface area is 145 Å². The first-order chi connectivity index (χ1) is 11.8. The Morgan fingerprint density at radius 1 is 0.833 bits per heavy atom. The molecule has 0 aliphatic heterocycles. The summed E-state index contributed by atoms with van der Waals surface area (Å²) in [5, 5.41) is 0. The Hall–Kier alpha value is -2.09. The standard InChI is InChI=1S/C22H27NO/c24-22(16-15-19-9-7-8-10-19)23(17-20-11-3-1-4-12-20)18-21-13-5-2-6-14-21/h1-6,11-14,19H,7-10,15-18H2. The maximum atomic E-state index is 12.8. The van der Waals surface area contributed by atoms with Crippen molar-refractivity contribution in [2.75, 3.05) is 0 Å². The van der Waals surface area contributed by atoms with Crippen molar-refractivity contribution in [3.05, 3.63) is 71.8 Å². The Morgan fingerprint density at radius 3 is 1.83 bits per heavy atom. The number of rotatable bonds is 7. The van der Waals surface area contributed by atoms with E-state index in [9.17, 15) is 4.79 Å². The molecule has 1 aliphatic carbocycles. The molecule has 24 heavy (non-hydrogen) atoms. The number of benzene rings is 2. The molecule has 0 N–H and O–H groups in total. The largest absolute Gasteiger partial charge is 0.334 e. The van der Waals surface area contributed by atoms with Crippen LogP contribution in [-0.2, 0) is 17.9 Å². The smallest absolute Gasteiger partial charge is 0.223 e. The summed E-state index contributed by atoms with van der Waals surface area (Å²) < 4.78 is 0. The van der Waals surface area contributed by atoms with Crippen molar-refractivity contribution in [1.29, 1.82) is 0 Å². The van der Waals surface area contributed by atoms with E-state index in [0.717, 1.165) is 12.3 Å². The van der Waals surface area contributed by atoms with Crippen molar-refractivity contribution in [3.8, 4) is 0 Å². The molecule has 2 nitrogen and oxygen atoms in total. The van der Waals surface area contributed by atoms with Gasteiger partial charge < -0.3 is 4.90 Å². The van der Waals surface area contributed by atoms with E-state index in [1.807, 2.05) is 41.3 Å².